The molecule has 0 saturated carbocycles. The zero-order valence-electron chi connectivity index (χ0n) is 9.72. The van der Waals surface area contributed by atoms with Crippen LogP contribution in [0.4, 0.5) is 0 Å². The molecular formula is C13H17N3. The second-order valence-electron chi connectivity index (χ2n) is 4.04. The van der Waals surface area contributed by atoms with Gasteiger partial charge in [0.05, 0.1) is 18.1 Å². The number of hydrogen-bond acceptors (Lipinski definition) is 2. The number of nitrogens with zero attached hydrogens (tertiary/aromatic N) is 2. The Bertz CT molecular complexity index is 456. The molecule has 1 aromatic carbocycles. The smallest absolute Gasteiger partial charge is 0.0947 e. The molecule has 84 valence electrons. The van der Waals surface area contributed by atoms with Crippen LogP contribution in [-0.2, 0) is 13.5 Å². The summed E-state index contributed by atoms with van der Waals surface area (Å²) < 4.78 is 1.91. The average molecular weight is 215 g/mol. The quantitative estimate of drug-likeness (QED) is 0.851. The zero-order chi connectivity index (χ0) is 11.5. The van der Waals surface area contributed by atoms with Crippen molar-refractivity contribution in [2.24, 2.45) is 12.8 Å². The molecule has 2 rings (SSSR count). The predicted octanol–water partition coefficient (Wildman–Crippen LogP) is 2.03. The Balaban J connectivity index is 2.23. The van der Waals surface area contributed by atoms with Crippen molar-refractivity contribution in [3.8, 4) is 0 Å². The Morgan fingerprint density at radius 1 is 1.31 bits per heavy atom. The van der Waals surface area contributed by atoms with Crippen LogP contribution in [-0.4, -0.2) is 9.55 Å². The van der Waals surface area contributed by atoms with Crippen LogP contribution in [0.1, 0.15) is 29.8 Å². The lowest BCUT2D eigenvalue weighted by molar-refractivity contribution is 0.833. The minimum Gasteiger partial charge on any atom is -0.340 e. The van der Waals surface area contributed by atoms with Crippen molar-refractivity contribution < 1.29 is 0 Å². The van der Waals surface area contributed by atoms with Crippen molar-refractivity contribution in [1.82, 2.24) is 9.55 Å². The van der Waals surface area contributed by atoms with Crippen LogP contribution < -0.4 is 5.73 Å². The van der Waals surface area contributed by atoms with Gasteiger partial charge in [-0.25, -0.2) is 4.98 Å². The molecule has 0 fully saturated rings. The van der Waals surface area contributed by atoms with E-state index in [4.69, 9.17) is 5.73 Å². The third-order valence-electron chi connectivity index (χ3n) is 2.79. The number of aryl methyl sites for hydroxylation is 2. The van der Waals surface area contributed by atoms with Crippen molar-refractivity contribution >= 4 is 0 Å². The normalized spacial score (nSPS) is 12.7. The minimum absolute atomic E-state index is 0.132. The van der Waals surface area contributed by atoms with E-state index in [2.05, 4.69) is 36.2 Å². The highest BCUT2D eigenvalue weighted by Gasteiger charge is 2.10. The maximum absolute atomic E-state index is 6.15. The molecule has 16 heavy (non-hydrogen) atoms. The molecule has 0 aliphatic rings. The van der Waals surface area contributed by atoms with Crippen molar-refractivity contribution in [3.05, 3.63) is 53.6 Å². The van der Waals surface area contributed by atoms with Gasteiger partial charge in [-0.05, 0) is 17.5 Å². The molecule has 1 unspecified atom stereocenters. The lowest BCUT2D eigenvalue weighted by atomic mass is 10.0. The first-order valence-corrected chi connectivity index (χ1v) is 5.53. The van der Waals surface area contributed by atoms with E-state index in [-0.39, 0.29) is 6.04 Å². The van der Waals surface area contributed by atoms with Crippen LogP contribution in [0.5, 0.6) is 0 Å². The third kappa shape index (κ3) is 2.14. The Hall–Kier alpha value is -1.61. The average Bonchev–Trinajstić information content (AvgIpc) is 2.75. The minimum atomic E-state index is -0.132. The highest BCUT2D eigenvalue weighted by atomic mass is 15.0. The summed E-state index contributed by atoms with van der Waals surface area (Å²) in [5.74, 6) is 0. The fourth-order valence-corrected chi connectivity index (χ4v) is 1.73. The van der Waals surface area contributed by atoms with Gasteiger partial charge in [-0.3, -0.25) is 0 Å². The van der Waals surface area contributed by atoms with Crippen molar-refractivity contribution in [2.45, 2.75) is 19.4 Å². The Labute approximate surface area is 95.9 Å². The highest BCUT2D eigenvalue weighted by molar-refractivity contribution is 5.29. The fourth-order valence-electron chi connectivity index (χ4n) is 1.73. The topological polar surface area (TPSA) is 43.8 Å². The van der Waals surface area contributed by atoms with E-state index < -0.39 is 0 Å². The molecule has 3 heteroatoms. The molecule has 0 aliphatic heterocycles. The molecule has 0 aliphatic carbocycles. The molecule has 0 bridgehead atoms. The van der Waals surface area contributed by atoms with Gasteiger partial charge in [-0.2, -0.15) is 0 Å². The van der Waals surface area contributed by atoms with Crippen molar-refractivity contribution in [1.29, 1.82) is 0 Å². The van der Waals surface area contributed by atoms with Gasteiger partial charge in [0, 0.05) is 13.2 Å². The maximum Gasteiger partial charge on any atom is 0.0947 e. The van der Waals surface area contributed by atoms with E-state index >= 15 is 0 Å². The van der Waals surface area contributed by atoms with Crippen LogP contribution >= 0.6 is 0 Å². The van der Waals surface area contributed by atoms with Gasteiger partial charge in [0.1, 0.15) is 0 Å². The number of benzene rings is 1. The summed E-state index contributed by atoms with van der Waals surface area (Å²) in [7, 11) is 1.95. The van der Waals surface area contributed by atoms with Gasteiger partial charge in [-0.15, -0.1) is 0 Å². The summed E-state index contributed by atoms with van der Waals surface area (Å²) in [5.41, 5.74) is 9.49. The molecule has 2 N–H and O–H groups in total. The summed E-state index contributed by atoms with van der Waals surface area (Å²) in [6, 6.07) is 8.28. The fraction of sp³-hybridized carbons (Fsp3) is 0.308. The monoisotopic (exact) mass is 215 g/mol. The second kappa shape index (κ2) is 4.49. The first-order valence-electron chi connectivity index (χ1n) is 5.53. The Morgan fingerprint density at radius 2 is 2.00 bits per heavy atom. The molecule has 0 saturated heterocycles. The molecule has 1 aromatic heterocycles. The predicted molar refractivity (Wildman–Crippen MR) is 65.1 cm³/mol. The van der Waals surface area contributed by atoms with E-state index in [1.807, 2.05) is 17.8 Å². The lowest BCUT2D eigenvalue weighted by Gasteiger charge is -2.09. The molecule has 0 radical (unpaired) electrons. The first-order chi connectivity index (χ1) is 7.70. The molecular weight excluding hydrogens is 198 g/mol. The van der Waals surface area contributed by atoms with Gasteiger partial charge in [0.2, 0.25) is 0 Å². The number of imidazole rings is 1. The van der Waals surface area contributed by atoms with Crippen LogP contribution in [0.15, 0.2) is 36.8 Å². The van der Waals surface area contributed by atoms with Gasteiger partial charge in [0.15, 0.2) is 0 Å². The Kier molecular flexibility index (Phi) is 3.06. The molecule has 0 spiro atoms. The largest absolute Gasteiger partial charge is 0.340 e. The van der Waals surface area contributed by atoms with Gasteiger partial charge >= 0.3 is 0 Å². The second-order valence-corrected chi connectivity index (χ2v) is 4.04. The molecule has 3 nitrogen and oxygen atoms in total. The summed E-state index contributed by atoms with van der Waals surface area (Å²) in [5, 5.41) is 0. The van der Waals surface area contributed by atoms with Crippen LogP contribution in [0, 0.1) is 0 Å². The van der Waals surface area contributed by atoms with Gasteiger partial charge < -0.3 is 10.3 Å². The first kappa shape index (κ1) is 10.9. The number of hydrogen-bond donors (Lipinski definition) is 1. The number of aromatic nitrogens is 2. The van der Waals surface area contributed by atoms with Gasteiger partial charge in [-0.1, -0.05) is 31.2 Å². The lowest BCUT2D eigenvalue weighted by Crippen LogP contribution is -2.12. The summed E-state index contributed by atoms with van der Waals surface area (Å²) in [4.78, 5) is 4.27. The highest BCUT2D eigenvalue weighted by Crippen LogP contribution is 2.18. The molecule has 1 heterocycles. The van der Waals surface area contributed by atoms with E-state index in [1.165, 1.54) is 5.56 Å². The third-order valence-corrected chi connectivity index (χ3v) is 2.79. The number of rotatable bonds is 3. The van der Waals surface area contributed by atoms with E-state index in [0.717, 1.165) is 17.7 Å². The van der Waals surface area contributed by atoms with E-state index in [9.17, 15) is 0 Å². The van der Waals surface area contributed by atoms with Crippen molar-refractivity contribution in [2.75, 3.05) is 0 Å². The van der Waals surface area contributed by atoms with Crippen LogP contribution in [0.25, 0.3) is 0 Å². The van der Waals surface area contributed by atoms with E-state index in [0.29, 0.717) is 0 Å². The number of nitrogens with two attached hydrogens (primary N) is 1. The summed E-state index contributed by atoms with van der Waals surface area (Å²) >= 11 is 0. The maximum atomic E-state index is 6.15. The zero-order valence-corrected chi connectivity index (χ0v) is 9.72. The standard InChI is InChI=1S/C13H17N3/c1-3-10-4-6-11(7-5-10)13(14)12-8-16(2)9-15-12/h4-9,13H,3,14H2,1-2H3. The van der Waals surface area contributed by atoms with Gasteiger partial charge in [0.25, 0.3) is 0 Å². The van der Waals surface area contributed by atoms with Crippen molar-refractivity contribution in [3.63, 3.8) is 0 Å². The summed E-state index contributed by atoms with van der Waals surface area (Å²) in [6.07, 6.45) is 4.78. The summed E-state index contributed by atoms with van der Waals surface area (Å²) in [6.45, 7) is 2.15. The van der Waals surface area contributed by atoms with Crippen LogP contribution in [0.2, 0.25) is 0 Å². The SMILES string of the molecule is CCc1ccc(C(N)c2cn(C)cn2)cc1. The van der Waals surface area contributed by atoms with Crippen LogP contribution in [0.3, 0.4) is 0 Å². The van der Waals surface area contributed by atoms with E-state index in [1.54, 1.807) is 6.33 Å². The molecule has 2 aromatic rings. The Morgan fingerprint density at radius 3 is 2.50 bits per heavy atom. The molecule has 1 atom stereocenters. The molecule has 0 amide bonds.